The first kappa shape index (κ1) is 13.5. The summed E-state index contributed by atoms with van der Waals surface area (Å²) in [6.07, 6.45) is 5.81. The van der Waals surface area contributed by atoms with Crippen molar-refractivity contribution in [1.82, 2.24) is 14.8 Å². The van der Waals surface area contributed by atoms with Crippen LogP contribution in [-0.2, 0) is 29.4 Å². The Morgan fingerprint density at radius 2 is 2.30 bits per heavy atom. The summed E-state index contributed by atoms with van der Waals surface area (Å²) >= 11 is 1.41. The molecule has 0 aromatic carbocycles. The van der Waals surface area contributed by atoms with E-state index in [2.05, 4.69) is 14.8 Å². The Hall–Kier alpha value is -1.45. The Morgan fingerprint density at radius 1 is 1.45 bits per heavy atom. The molecule has 2 heterocycles. The average Bonchev–Trinajstić information content (AvgIpc) is 3.03. The molecular formula is C11H15N5O2S2. The van der Waals surface area contributed by atoms with E-state index in [4.69, 9.17) is 5.73 Å². The summed E-state index contributed by atoms with van der Waals surface area (Å²) in [6, 6.07) is 0. The van der Waals surface area contributed by atoms with E-state index in [1.54, 1.807) is 0 Å². The summed E-state index contributed by atoms with van der Waals surface area (Å²) in [5.41, 5.74) is 6.43. The van der Waals surface area contributed by atoms with Gasteiger partial charge >= 0.3 is 0 Å². The molecule has 0 amide bonds. The highest BCUT2D eigenvalue weighted by molar-refractivity contribution is 7.93. The van der Waals surface area contributed by atoms with Crippen molar-refractivity contribution in [2.75, 3.05) is 11.3 Å². The minimum absolute atomic E-state index is 0.126. The largest absolute Gasteiger partial charge is 0.329 e. The van der Waals surface area contributed by atoms with E-state index in [1.807, 2.05) is 0 Å². The number of fused-ring (bicyclic) bond motifs is 1. The van der Waals surface area contributed by atoms with Crippen LogP contribution in [-0.4, -0.2) is 29.7 Å². The van der Waals surface area contributed by atoms with Crippen LogP contribution >= 0.6 is 11.3 Å². The molecule has 0 radical (unpaired) electrons. The molecule has 0 aliphatic heterocycles. The third-order valence-corrected chi connectivity index (χ3v) is 5.59. The zero-order valence-corrected chi connectivity index (χ0v) is 12.4. The fraction of sp³-hybridized carbons (Fsp3) is 0.455. The van der Waals surface area contributed by atoms with Crippen LogP contribution in [0, 0.1) is 0 Å². The lowest BCUT2D eigenvalue weighted by molar-refractivity contribution is 0.599. The number of nitrogens with zero attached hydrogens (tertiary/aromatic N) is 3. The number of anilines is 1. The van der Waals surface area contributed by atoms with Gasteiger partial charge in [0.25, 0.3) is 10.0 Å². The van der Waals surface area contributed by atoms with Gasteiger partial charge in [-0.15, -0.1) is 11.3 Å². The fourth-order valence-electron chi connectivity index (χ4n) is 2.15. The average molecular weight is 313 g/mol. The lowest BCUT2D eigenvalue weighted by Crippen LogP contribution is -2.13. The molecule has 3 rings (SSSR count). The third kappa shape index (κ3) is 2.56. The second-order valence-electron chi connectivity index (χ2n) is 4.58. The molecule has 20 heavy (non-hydrogen) atoms. The molecule has 7 nitrogen and oxygen atoms in total. The van der Waals surface area contributed by atoms with E-state index in [1.165, 1.54) is 33.3 Å². The van der Waals surface area contributed by atoms with Crippen molar-refractivity contribution >= 4 is 26.5 Å². The highest BCUT2D eigenvalue weighted by Crippen LogP contribution is 2.31. The number of aromatic nitrogens is 3. The van der Waals surface area contributed by atoms with E-state index in [-0.39, 0.29) is 4.90 Å². The van der Waals surface area contributed by atoms with Crippen LogP contribution in [0.15, 0.2) is 17.3 Å². The van der Waals surface area contributed by atoms with E-state index in [0.717, 1.165) is 25.0 Å². The predicted octanol–water partition coefficient (Wildman–Crippen LogP) is 0.588. The fourth-order valence-corrected chi connectivity index (χ4v) is 4.38. The van der Waals surface area contributed by atoms with Crippen molar-refractivity contribution < 1.29 is 8.42 Å². The van der Waals surface area contributed by atoms with E-state index in [9.17, 15) is 8.42 Å². The second-order valence-corrected chi connectivity index (χ2v) is 7.34. The maximum atomic E-state index is 12.2. The molecule has 108 valence electrons. The molecule has 0 saturated heterocycles. The smallest absolute Gasteiger partial charge is 0.266 e. The van der Waals surface area contributed by atoms with Gasteiger partial charge in [-0.1, -0.05) is 0 Å². The molecule has 0 saturated carbocycles. The summed E-state index contributed by atoms with van der Waals surface area (Å²) in [6.45, 7) is 0.898. The number of rotatable bonds is 5. The van der Waals surface area contributed by atoms with Gasteiger partial charge in [0.05, 0.1) is 18.4 Å². The first-order chi connectivity index (χ1) is 9.58. The Labute approximate surface area is 120 Å². The molecule has 9 heteroatoms. The molecule has 2 aromatic rings. The molecule has 1 aliphatic rings. The molecule has 0 unspecified atom stereocenters. The number of nitrogens with two attached hydrogens (primary N) is 1. The zero-order chi connectivity index (χ0) is 14.2. The van der Waals surface area contributed by atoms with Gasteiger partial charge in [0.15, 0.2) is 5.13 Å². The number of sulfonamides is 1. The normalized spacial score (nSPS) is 14.4. The molecule has 0 fully saturated rings. The summed E-state index contributed by atoms with van der Waals surface area (Å²) in [5.74, 6) is 0. The number of thiazole rings is 1. The molecule has 0 bridgehead atoms. The number of nitrogens with one attached hydrogen (secondary N) is 1. The van der Waals surface area contributed by atoms with Crippen molar-refractivity contribution in [2.24, 2.45) is 5.73 Å². The Kier molecular flexibility index (Phi) is 3.48. The van der Waals surface area contributed by atoms with Crippen LogP contribution in [0.3, 0.4) is 0 Å². The minimum Gasteiger partial charge on any atom is -0.329 e. The molecular weight excluding hydrogens is 298 g/mol. The van der Waals surface area contributed by atoms with Gasteiger partial charge in [0.1, 0.15) is 4.90 Å². The summed E-state index contributed by atoms with van der Waals surface area (Å²) in [5, 5.41) is 4.40. The Balaban J connectivity index is 1.80. The van der Waals surface area contributed by atoms with Crippen molar-refractivity contribution in [2.45, 2.75) is 30.7 Å². The van der Waals surface area contributed by atoms with E-state index < -0.39 is 10.0 Å². The van der Waals surface area contributed by atoms with Crippen LogP contribution in [0.1, 0.15) is 17.0 Å². The summed E-state index contributed by atoms with van der Waals surface area (Å²) < 4.78 is 28.5. The number of hydrogen-bond acceptors (Lipinski definition) is 6. The highest BCUT2D eigenvalue weighted by Gasteiger charge is 2.22. The van der Waals surface area contributed by atoms with Crippen LogP contribution in [0.25, 0.3) is 0 Å². The Morgan fingerprint density at radius 3 is 3.05 bits per heavy atom. The minimum atomic E-state index is -3.62. The van der Waals surface area contributed by atoms with Crippen molar-refractivity contribution in [3.63, 3.8) is 0 Å². The first-order valence-electron chi connectivity index (χ1n) is 6.32. The van der Waals surface area contributed by atoms with Crippen molar-refractivity contribution in [3.05, 3.63) is 23.0 Å². The monoisotopic (exact) mass is 313 g/mol. The van der Waals surface area contributed by atoms with Crippen LogP contribution in [0.5, 0.6) is 0 Å². The predicted molar refractivity (Wildman–Crippen MR) is 76.2 cm³/mol. The van der Waals surface area contributed by atoms with Gasteiger partial charge in [0.2, 0.25) is 0 Å². The molecule has 0 spiro atoms. The Bertz CT molecular complexity index is 698. The summed E-state index contributed by atoms with van der Waals surface area (Å²) in [7, 11) is -3.62. The SMILES string of the molecule is NCCn1cc(S(=O)(=O)Nc2nc3c(s2)CCC3)cn1. The van der Waals surface area contributed by atoms with Crippen molar-refractivity contribution in [3.8, 4) is 0 Å². The van der Waals surface area contributed by atoms with E-state index in [0.29, 0.717) is 18.2 Å². The van der Waals surface area contributed by atoms with Gasteiger partial charge in [0, 0.05) is 17.6 Å². The maximum Gasteiger partial charge on any atom is 0.266 e. The summed E-state index contributed by atoms with van der Waals surface area (Å²) in [4.78, 5) is 5.63. The molecule has 1 aliphatic carbocycles. The quantitative estimate of drug-likeness (QED) is 0.841. The second kappa shape index (κ2) is 5.15. The number of aryl methyl sites for hydroxylation is 2. The molecule has 0 atom stereocenters. The lowest BCUT2D eigenvalue weighted by Gasteiger charge is -2.02. The number of hydrogen-bond donors (Lipinski definition) is 2. The van der Waals surface area contributed by atoms with Crippen molar-refractivity contribution in [1.29, 1.82) is 0 Å². The standard InChI is InChI=1S/C11H15N5O2S2/c12-4-5-16-7-8(6-13-16)20(17,18)15-11-14-9-2-1-3-10(9)19-11/h6-7H,1-5,12H2,(H,14,15). The topological polar surface area (TPSA) is 103 Å². The maximum absolute atomic E-state index is 12.2. The lowest BCUT2D eigenvalue weighted by atomic mass is 10.4. The zero-order valence-electron chi connectivity index (χ0n) is 10.7. The van der Waals surface area contributed by atoms with Gasteiger partial charge in [-0.05, 0) is 19.3 Å². The highest BCUT2D eigenvalue weighted by atomic mass is 32.2. The van der Waals surface area contributed by atoms with Gasteiger partial charge < -0.3 is 5.73 Å². The van der Waals surface area contributed by atoms with Gasteiger partial charge in [-0.3, -0.25) is 9.40 Å². The molecule has 3 N–H and O–H groups in total. The van der Waals surface area contributed by atoms with Crippen LogP contribution in [0.4, 0.5) is 5.13 Å². The van der Waals surface area contributed by atoms with Crippen LogP contribution in [0.2, 0.25) is 0 Å². The van der Waals surface area contributed by atoms with E-state index >= 15 is 0 Å². The third-order valence-electron chi connectivity index (χ3n) is 3.10. The van der Waals surface area contributed by atoms with Gasteiger partial charge in [-0.2, -0.15) is 5.10 Å². The first-order valence-corrected chi connectivity index (χ1v) is 8.62. The molecule has 2 aromatic heterocycles. The van der Waals surface area contributed by atoms with Gasteiger partial charge in [-0.25, -0.2) is 13.4 Å². The van der Waals surface area contributed by atoms with Crippen LogP contribution < -0.4 is 10.5 Å².